The predicted octanol–water partition coefficient (Wildman–Crippen LogP) is 2.11. The van der Waals surface area contributed by atoms with Gasteiger partial charge < -0.3 is 5.32 Å². The lowest BCUT2D eigenvalue weighted by atomic mass is 10.1. The van der Waals surface area contributed by atoms with Gasteiger partial charge in [-0.25, -0.2) is 4.68 Å². The van der Waals surface area contributed by atoms with Gasteiger partial charge in [0.25, 0.3) is 11.5 Å². The number of carbonyl (C=O) groups excluding carboxylic acids is 1. The lowest BCUT2D eigenvalue weighted by Crippen LogP contribution is -2.29. The minimum Gasteiger partial charge on any atom is -0.354 e. The van der Waals surface area contributed by atoms with Gasteiger partial charge in [0.1, 0.15) is 0 Å². The fourth-order valence-electron chi connectivity index (χ4n) is 2.61. The van der Waals surface area contributed by atoms with Crippen molar-refractivity contribution in [3.8, 4) is 0 Å². The molecule has 116 valence electrons. The third kappa shape index (κ3) is 2.85. The summed E-state index contributed by atoms with van der Waals surface area (Å²) in [6, 6.07) is 14.9. The zero-order valence-electron chi connectivity index (χ0n) is 13.0. The Morgan fingerprint density at radius 1 is 1.13 bits per heavy atom. The number of aromatic nitrogens is 2. The lowest BCUT2D eigenvalue weighted by molar-refractivity contribution is 0.0957. The number of benzene rings is 2. The molecule has 3 rings (SSSR count). The van der Waals surface area contributed by atoms with E-state index in [4.69, 9.17) is 0 Å². The molecule has 0 aliphatic rings. The maximum atomic E-state index is 12.6. The Hall–Kier alpha value is -2.95. The highest BCUT2D eigenvalue weighted by Gasteiger charge is 2.15. The zero-order chi connectivity index (χ0) is 16.4. The summed E-state index contributed by atoms with van der Waals surface area (Å²) in [6.07, 6.45) is 0. The number of nitrogens with one attached hydrogen (secondary N) is 1. The van der Waals surface area contributed by atoms with Crippen molar-refractivity contribution in [2.24, 2.45) is 0 Å². The molecule has 1 N–H and O–H groups in total. The van der Waals surface area contributed by atoms with Crippen LogP contribution in [0.25, 0.3) is 10.8 Å². The zero-order valence-corrected chi connectivity index (χ0v) is 13.0. The minimum absolute atomic E-state index is 0.199. The van der Waals surface area contributed by atoms with Crippen LogP contribution in [-0.4, -0.2) is 22.7 Å². The van der Waals surface area contributed by atoms with E-state index in [0.29, 0.717) is 17.3 Å². The second-order valence-electron chi connectivity index (χ2n) is 5.43. The number of nitrogens with zero attached hydrogens (tertiary/aromatic N) is 2. The number of carbonyl (C=O) groups is 1. The Bertz CT molecular complexity index is 944. The summed E-state index contributed by atoms with van der Waals surface area (Å²) in [6.45, 7) is 2.32. The molecule has 0 radical (unpaired) electrons. The first kappa shape index (κ1) is 15.0. The molecule has 0 atom stereocenters. The Labute approximate surface area is 133 Å². The van der Waals surface area contributed by atoms with Crippen molar-refractivity contribution in [2.45, 2.75) is 13.5 Å². The Kier molecular flexibility index (Phi) is 3.93. The number of rotatable bonds is 3. The maximum absolute atomic E-state index is 12.6. The van der Waals surface area contributed by atoms with Gasteiger partial charge in [-0.05, 0) is 18.6 Å². The van der Waals surface area contributed by atoms with Crippen molar-refractivity contribution >= 4 is 16.7 Å². The van der Waals surface area contributed by atoms with Crippen LogP contribution in [0.5, 0.6) is 0 Å². The molecule has 5 nitrogen and oxygen atoms in total. The van der Waals surface area contributed by atoms with Gasteiger partial charge in [0.2, 0.25) is 0 Å². The Balaban J connectivity index is 2.19. The Morgan fingerprint density at radius 3 is 2.57 bits per heavy atom. The fourth-order valence-corrected chi connectivity index (χ4v) is 2.61. The molecule has 23 heavy (non-hydrogen) atoms. The largest absolute Gasteiger partial charge is 0.354 e. The number of hydrogen-bond donors (Lipinski definition) is 1. The Morgan fingerprint density at radius 2 is 1.87 bits per heavy atom. The topological polar surface area (TPSA) is 64.0 Å². The average Bonchev–Trinajstić information content (AvgIpc) is 2.57. The van der Waals surface area contributed by atoms with Crippen LogP contribution in [0.1, 0.15) is 21.6 Å². The van der Waals surface area contributed by atoms with Gasteiger partial charge in [-0.3, -0.25) is 9.59 Å². The molecular weight excluding hydrogens is 290 g/mol. The van der Waals surface area contributed by atoms with Gasteiger partial charge in [-0.2, -0.15) is 5.10 Å². The van der Waals surface area contributed by atoms with Crippen LogP contribution < -0.4 is 10.9 Å². The molecule has 3 aromatic rings. The normalized spacial score (nSPS) is 10.7. The lowest BCUT2D eigenvalue weighted by Gasteiger charge is -2.10. The highest BCUT2D eigenvalue weighted by Crippen LogP contribution is 2.14. The van der Waals surface area contributed by atoms with Crippen LogP contribution in [0.4, 0.5) is 0 Å². The summed E-state index contributed by atoms with van der Waals surface area (Å²) in [5, 5.41) is 7.93. The van der Waals surface area contributed by atoms with Crippen molar-refractivity contribution in [2.75, 3.05) is 7.05 Å². The molecule has 0 bridgehead atoms. The molecule has 5 heteroatoms. The van der Waals surface area contributed by atoms with Crippen LogP contribution in [0.3, 0.4) is 0 Å². The molecule has 0 unspecified atom stereocenters. The van der Waals surface area contributed by atoms with Gasteiger partial charge in [0, 0.05) is 12.4 Å². The monoisotopic (exact) mass is 307 g/mol. The van der Waals surface area contributed by atoms with Crippen molar-refractivity contribution in [3.63, 3.8) is 0 Å². The third-order valence-electron chi connectivity index (χ3n) is 3.72. The summed E-state index contributed by atoms with van der Waals surface area (Å²) in [5.41, 5.74) is 2.14. The van der Waals surface area contributed by atoms with Gasteiger partial charge in [0.15, 0.2) is 5.69 Å². The summed E-state index contributed by atoms with van der Waals surface area (Å²) < 4.78 is 1.35. The van der Waals surface area contributed by atoms with E-state index in [2.05, 4.69) is 10.4 Å². The van der Waals surface area contributed by atoms with E-state index >= 15 is 0 Å². The minimum atomic E-state index is -0.306. The van der Waals surface area contributed by atoms with Gasteiger partial charge in [-0.15, -0.1) is 0 Å². The van der Waals surface area contributed by atoms with E-state index < -0.39 is 0 Å². The summed E-state index contributed by atoms with van der Waals surface area (Å²) >= 11 is 0. The number of amides is 1. The van der Waals surface area contributed by atoms with E-state index in [1.54, 1.807) is 31.3 Å². The second-order valence-corrected chi connectivity index (χ2v) is 5.43. The molecule has 0 fully saturated rings. The molecule has 0 aliphatic heterocycles. The second kappa shape index (κ2) is 6.04. The first-order valence-corrected chi connectivity index (χ1v) is 7.37. The van der Waals surface area contributed by atoms with Crippen molar-refractivity contribution in [1.29, 1.82) is 0 Å². The molecule has 0 aliphatic carbocycles. The van der Waals surface area contributed by atoms with Crippen molar-refractivity contribution in [3.05, 3.63) is 75.7 Å². The number of fused-ring (bicyclic) bond motifs is 1. The average molecular weight is 307 g/mol. The molecule has 0 spiro atoms. The van der Waals surface area contributed by atoms with E-state index in [9.17, 15) is 9.59 Å². The molecular formula is C18H17N3O2. The van der Waals surface area contributed by atoms with E-state index in [1.165, 1.54) is 4.68 Å². The maximum Gasteiger partial charge on any atom is 0.274 e. The SMILES string of the molecule is CNC(=O)c1nn(Cc2cccc(C)c2)c(=O)c2ccccc12. The van der Waals surface area contributed by atoms with E-state index in [1.807, 2.05) is 31.2 Å². The first-order chi connectivity index (χ1) is 11.1. The highest BCUT2D eigenvalue weighted by molar-refractivity contribution is 6.04. The molecule has 0 saturated carbocycles. The number of aryl methyl sites for hydroxylation is 1. The molecule has 1 amide bonds. The number of hydrogen-bond acceptors (Lipinski definition) is 3. The van der Waals surface area contributed by atoms with Crippen LogP contribution in [-0.2, 0) is 6.54 Å². The third-order valence-corrected chi connectivity index (χ3v) is 3.72. The molecule has 1 aromatic heterocycles. The van der Waals surface area contributed by atoms with Gasteiger partial charge >= 0.3 is 0 Å². The molecule has 1 heterocycles. The van der Waals surface area contributed by atoms with Crippen molar-refractivity contribution < 1.29 is 4.79 Å². The van der Waals surface area contributed by atoms with E-state index in [-0.39, 0.29) is 17.2 Å². The van der Waals surface area contributed by atoms with Crippen molar-refractivity contribution in [1.82, 2.24) is 15.1 Å². The highest BCUT2D eigenvalue weighted by atomic mass is 16.2. The quantitative estimate of drug-likeness (QED) is 0.806. The summed E-state index contributed by atoms with van der Waals surface area (Å²) in [7, 11) is 1.55. The summed E-state index contributed by atoms with van der Waals surface area (Å²) in [5.74, 6) is -0.306. The fraction of sp³-hybridized carbons (Fsp3) is 0.167. The summed E-state index contributed by atoms with van der Waals surface area (Å²) in [4.78, 5) is 24.8. The standard InChI is InChI=1S/C18H17N3O2/c1-12-6-5-7-13(10-12)11-21-18(23)15-9-4-3-8-14(15)16(20-21)17(22)19-2/h3-10H,11H2,1-2H3,(H,19,22). The van der Waals surface area contributed by atoms with Gasteiger partial charge in [0.05, 0.1) is 11.9 Å². The van der Waals surface area contributed by atoms with Crippen LogP contribution >= 0.6 is 0 Å². The van der Waals surface area contributed by atoms with Crippen LogP contribution in [0.15, 0.2) is 53.3 Å². The van der Waals surface area contributed by atoms with Gasteiger partial charge in [-0.1, -0.05) is 48.0 Å². The molecule has 0 saturated heterocycles. The molecule has 2 aromatic carbocycles. The smallest absolute Gasteiger partial charge is 0.274 e. The predicted molar refractivity (Wildman–Crippen MR) is 89.7 cm³/mol. The first-order valence-electron chi connectivity index (χ1n) is 7.37. The van der Waals surface area contributed by atoms with E-state index in [0.717, 1.165) is 11.1 Å². The van der Waals surface area contributed by atoms with Crippen LogP contribution in [0, 0.1) is 6.92 Å². The van der Waals surface area contributed by atoms with Crippen LogP contribution in [0.2, 0.25) is 0 Å².